The van der Waals surface area contributed by atoms with E-state index in [1.807, 2.05) is 36.2 Å². The topological polar surface area (TPSA) is 80.6 Å². The van der Waals surface area contributed by atoms with Crippen LogP contribution in [0.5, 0.6) is 5.75 Å². The molecule has 1 aromatic heterocycles. The van der Waals surface area contributed by atoms with Gasteiger partial charge in [0.15, 0.2) is 0 Å². The fourth-order valence-corrected chi connectivity index (χ4v) is 5.27. The van der Waals surface area contributed by atoms with Gasteiger partial charge in [0.25, 0.3) is 0 Å². The molecule has 0 aliphatic carbocycles. The summed E-state index contributed by atoms with van der Waals surface area (Å²) in [6, 6.07) is 16.1. The minimum Gasteiger partial charge on any atom is -0.427 e. The Labute approximate surface area is 245 Å². The van der Waals surface area contributed by atoms with E-state index in [1.165, 1.54) is 12.5 Å². The third-order valence-electron chi connectivity index (χ3n) is 7.63. The first-order valence-electron chi connectivity index (χ1n) is 15.1. The van der Waals surface area contributed by atoms with E-state index in [4.69, 9.17) is 4.74 Å². The SMILES string of the molecule is CCCCN(C)C(=O)CCCCCCNC(=O)Cc1c(C)n(CCCc2ccccc2)c2ccc(OC(C)=O)cc12. The molecule has 0 aliphatic heterocycles. The first-order valence-corrected chi connectivity index (χ1v) is 15.1. The van der Waals surface area contributed by atoms with Crippen LogP contribution in [0.2, 0.25) is 0 Å². The summed E-state index contributed by atoms with van der Waals surface area (Å²) in [5, 5.41) is 4.02. The minimum absolute atomic E-state index is 0.0120. The first-order chi connectivity index (χ1) is 19.8. The Balaban J connectivity index is 1.55. The molecule has 3 aromatic rings. The smallest absolute Gasteiger partial charge is 0.308 e. The Hall–Kier alpha value is -3.61. The molecule has 7 nitrogen and oxygen atoms in total. The first kappa shape index (κ1) is 31.9. The lowest BCUT2D eigenvalue weighted by Gasteiger charge is -2.16. The number of hydrogen-bond acceptors (Lipinski definition) is 4. The Morgan fingerprint density at radius 1 is 0.951 bits per heavy atom. The number of carbonyl (C=O) groups excluding carboxylic acids is 3. The summed E-state index contributed by atoms with van der Waals surface area (Å²) < 4.78 is 7.63. The van der Waals surface area contributed by atoms with E-state index < -0.39 is 0 Å². The third kappa shape index (κ3) is 10.1. The largest absolute Gasteiger partial charge is 0.427 e. The van der Waals surface area contributed by atoms with E-state index in [-0.39, 0.29) is 24.2 Å². The van der Waals surface area contributed by atoms with Crippen molar-refractivity contribution >= 4 is 28.7 Å². The van der Waals surface area contributed by atoms with Gasteiger partial charge in [-0.05, 0) is 68.4 Å². The number of aryl methyl sites for hydroxylation is 2. The van der Waals surface area contributed by atoms with Crippen LogP contribution in [0, 0.1) is 6.92 Å². The van der Waals surface area contributed by atoms with Gasteiger partial charge in [0.05, 0.1) is 6.42 Å². The zero-order valence-corrected chi connectivity index (χ0v) is 25.3. The molecule has 222 valence electrons. The van der Waals surface area contributed by atoms with Crippen LogP contribution in [0.1, 0.15) is 82.0 Å². The van der Waals surface area contributed by atoms with Crippen molar-refractivity contribution in [3.63, 3.8) is 0 Å². The number of fused-ring (bicyclic) bond motifs is 1. The zero-order chi connectivity index (χ0) is 29.6. The summed E-state index contributed by atoms with van der Waals surface area (Å²) in [6.07, 6.45) is 8.71. The Bertz CT molecular complexity index is 1280. The molecule has 0 aliphatic rings. The minimum atomic E-state index is -0.365. The highest BCUT2D eigenvalue weighted by atomic mass is 16.5. The van der Waals surface area contributed by atoms with Crippen LogP contribution in [0.25, 0.3) is 10.9 Å². The molecule has 0 saturated carbocycles. The van der Waals surface area contributed by atoms with Gasteiger partial charge in [-0.1, -0.05) is 56.5 Å². The van der Waals surface area contributed by atoms with E-state index in [9.17, 15) is 14.4 Å². The molecule has 0 radical (unpaired) electrons. The van der Waals surface area contributed by atoms with Gasteiger partial charge in [-0.25, -0.2) is 0 Å². The fourth-order valence-electron chi connectivity index (χ4n) is 5.27. The van der Waals surface area contributed by atoms with Gasteiger partial charge in [0.2, 0.25) is 11.8 Å². The lowest BCUT2D eigenvalue weighted by atomic mass is 10.1. The summed E-state index contributed by atoms with van der Waals surface area (Å²) in [5.41, 5.74) is 4.39. The Kier molecular flexibility index (Phi) is 12.9. The van der Waals surface area contributed by atoms with Crippen molar-refractivity contribution in [3.05, 3.63) is 65.4 Å². The fraction of sp³-hybridized carbons (Fsp3) is 0.500. The summed E-state index contributed by atoms with van der Waals surface area (Å²) in [4.78, 5) is 38.5. The molecule has 2 amide bonds. The Morgan fingerprint density at radius 2 is 1.71 bits per heavy atom. The maximum absolute atomic E-state index is 13.0. The number of nitrogens with zero attached hydrogens (tertiary/aromatic N) is 2. The molecule has 7 heteroatoms. The third-order valence-corrected chi connectivity index (χ3v) is 7.63. The number of nitrogens with one attached hydrogen (secondary N) is 1. The van der Waals surface area contributed by atoms with Gasteiger partial charge in [-0.15, -0.1) is 0 Å². The number of rotatable bonds is 17. The number of amides is 2. The maximum atomic E-state index is 13.0. The summed E-state index contributed by atoms with van der Waals surface area (Å²) >= 11 is 0. The number of unbranched alkanes of at least 4 members (excludes halogenated alkanes) is 4. The van der Waals surface area contributed by atoms with Crippen molar-refractivity contribution in [2.45, 2.75) is 91.5 Å². The molecule has 1 heterocycles. The average Bonchev–Trinajstić information content (AvgIpc) is 3.20. The van der Waals surface area contributed by atoms with Crippen molar-refractivity contribution < 1.29 is 19.1 Å². The molecule has 3 rings (SSSR count). The van der Waals surface area contributed by atoms with Gasteiger partial charge >= 0.3 is 5.97 Å². The predicted octanol–water partition coefficient (Wildman–Crippen LogP) is 6.38. The molecule has 41 heavy (non-hydrogen) atoms. The number of carbonyl (C=O) groups is 3. The van der Waals surface area contributed by atoms with E-state index >= 15 is 0 Å². The van der Waals surface area contributed by atoms with E-state index in [2.05, 4.69) is 48.0 Å². The number of aromatic nitrogens is 1. The van der Waals surface area contributed by atoms with E-state index in [0.29, 0.717) is 18.7 Å². The molecular formula is C34H47N3O4. The second-order valence-electron chi connectivity index (χ2n) is 10.9. The number of benzene rings is 2. The quantitative estimate of drug-likeness (QED) is 0.118. The van der Waals surface area contributed by atoms with Crippen LogP contribution in [0.15, 0.2) is 48.5 Å². The van der Waals surface area contributed by atoms with Crippen molar-refractivity contribution in [2.24, 2.45) is 0 Å². The second-order valence-corrected chi connectivity index (χ2v) is 10.9. The van der Waals surface area contributed by atoms with Crippen molar-refractivity contribution in [2.75, 3.05) is 20.1 Å². The van der Waals surface area contributed by atoms with Crippen LogP contribution in [0.3, 0.4) is 0 Å². The van der Waals surface area contributed by atoms with E-state index in [1.54, 1.807) is 0 Å². The summed E-state index contributed by atoms with van der Waals surface area (Å²) in [6.45, 7) is 7.88. The van der Waals surface area contributed by atoms with Crippen LogP contribution in [0.4, 0.5) is 0 Å². The van der Waals surface area contributed by atoms with Gasteiger partial charge in [0.1, 0.15) is 5.75 Å². The highest BCUT2D eigenvalue weighted by Crippen LogP contribution is 2.30. The Morgan fingerprint density at radius 3 is 2.44 bits per heavy atom. The zero-order valence-electron chi connectivity index (χ0n) is 25.3. The molecule has 0 saturated heterocycles. The number of hydrogen-bond donors (Lipinski definition) is 1. The van der Waals surface area contributed by atoms with Gasteiger partial charge in [-0.2, -0.15) is 0 Å². The maximum Gasteiger partial charge on any atom is 0.308 e. The van der Waals surface area contributed by atoms with Gasteiger partial charge in [-0.3, -0.25) is 14.4 Å². The van der Waals surface area contributed by atoms with Crippen molar-refractivity contribution in [3.8, 4) is 5.75 Å². The monoisotopic (exact) mass is 561 g/mol. The molecular weight excluding hydrogens is 514 g/mol. The lowest BCUT2D eigenvalue weighted by Crippen LogP contribution is -2.27. The molecule has 1 N–H and O–H groups in total. The van der Waals surface area contributed by atoms with E-state index in [0.717, 1.165) is 86.6 Å². The van der Waals surface area contributed by atoms with Crippen LogP contribution >= 0.6 is 0 Å². The summed E-state index contributed by atoms with van der Waals surface area (Å²) in [5.74, 6) is 0.332. The molecule has 0 unspecified atom stereocenters. The van der Waals surface area contributed by atoms with Crippen LogP contribution in [-0.4, -0.2) is 47.4 Å². The molecule has 0 spiro atoms. The number of ether oxygens (including phenoxy) is 1. The van der Waals surface area contributed by atoms with Crippen LogP contribution < -0.4 is 10.1 Å². The lowest BCUT2D eigenvalue weighted by molar-refractivity contribution is -0.132. The highest BCUT2D eigenvalue weighted by Gasteiger charge is 2.18. The normalized spacial score (nSPS) is 11.0. The van der Waals surface area contributed by atoms with Crippen molar-refractivity contribution in [1.29, 1.82) is 0 Å². The van der Waals surface area contributed by atoms with Crippen LogP contribution in [-0.2, 0) is 33.8 Å². The summed E-state index contributed by atoms with van der Waals surface area (Å²) in [7, 11) is 1.88. The second kappa shape index (κ2) is 16.6. The molecule has 0 atom stereocenters. The number of esters is 1. The standard InChI is InChI=1S/C34H47N3O4/c1-5-6-22-36(4)34(40)18-12-7-8-13-21-35-33(39)25-30-26(2)37(23-14-17-28-15-10-9-11-16-28)32-20-19-29(24-31(30)32)41-27(3)38/h9-11,15-16,19-20,24H,5-8,12-14,17-18,21-23,25H2,1-4H3,(H,35,39). The predicted molar refractivity (Wildman–Crippen MR) is 165 cm³/mol. The van der Waals surface area contributed by atoms with Gasteiger partial charge in [0, 0.05) is 56.6 Å². The average molecular weight is 562 g/mol. The molecule has 0 fully saturated rings. The van der Waals surface area contributed by atoms with Crippen molar-refractivity contribution in [1.82, 2.24) is 14.8 Å². The molecule has 0 bridgehead atoms. The highest BCUT2D eigenvalue weighted by molar-refractivity contribution is 5.92. The van der Waals surface area contributed by atoms with Gasteiger partial charge < -0.3 is 19.5 Å². The molecule has 2 aromatic carbocycles.